The lowest BCUT2D eigenvalue weighted by atomic mass is 10.2. The maximum Gasteiger partial charge on any atom is 0.152 e. The zero-order valence-electron chi connectivity index (χ0n) is 9.99. The summed E-state index contributed by atoms with van der Waals surface area (Å²) < 4.78 is 2.84. The smallest absolute Gasteiger partial charge is 0.152 e. The largest absolute Gasteiger partial charge is 0.399 e. The van der Waals surface area contributed by atoms with Crippen LogP contribution in [-0.4, -0.2) is 14.5 Å². The number of rotatable bonds is 2. The minimum Gasteiger partial charge on any atom is -0.399 e. The number of benzene rings is 1. The Morgan fingerprint density at radius 1 is 1.05 bits per heavy atom. The Balaban J connectivity index is 2.16. The van der Waals surface area contributed by atoms with Crippen LogP contribution in [0.1, 0.15) is 0 Å². The zero-order valence-corrected chi connectivity index (χ0v) is 11.6. The fourth-order valence-corrected chi connectivity index (χ4v) is 2.37. The average molecular weight is 315 g/mol. The molecule has 5 heteroatoms. The Hall–Kier alpha value is -2.14. The normalized spacial score (nSPS) is 10.6. The first kappa shape index (κ1) is 11.9. The zero-order chi connectivity index (χ0) is 13.2. The van der Waals surface area contributed by atoms with Gasteiger partial charge >= 0.3 is 0 Å². The molecule has 2 aromatic heterocycles. The predicted octanol–water partition coefficient (Wildman–Crippen LogP) is 3.28. The van der Waals surface area contributed by atoms with Gasteiger partial charge in [-0.3, -0.25) is 4.57 Å². The number of hydrogen-bond donors (Lipinski definition) is 1. The van der Waals surface area contributed by atoms with Gasteiger partial charge in [0.1, 0.15) is 5.82 Å². The Morgan fingerprint density at radius 3 is 2.74 bits per heavy atom. The summed E-state index contributed by atoms with van der Waals surface area (Å²) in [5.74, 6) is 1.61. The van der Waals surface area contributed by atoms with Gasteiger partial charge in [-0.05, 0) is 40.2 Å². The molecule has 0 saturated heterocycles. The van der Waals surface area contributed by atoms with Crippen molar-refractivity contribution in [2.45, 2.75) is 0 Å². The lowest BCUT2D eigenvalue weighted by molar-refractivity contribution is 0.993. The third-order valence-corrected chi connectivity index (χ3v) is 3.37. The van der Waals surface area contributed by atoms with Crippen molar-refractivity contribution in [3.63, 3.8) is 0 Å². The summed E-state index contributed by atoms with van der Waals surface area (Å²) in [6.07, 6.45) is 5.38. The standard InChI is InChI=1S/C14H11BrN4/c15-12-5-2-6-17-14(12)19-8-7-18-13(19)10-3-1-4-11(16)9-10/h1-9H,16H2. The predicted molar refractivity (Wildman–Crippen MR) is 78.9 cm³/mol. The van der Waals surface area contributed by atoms with Crippen LogP contribution >= 0.6 is 15.9 Å². The number of nitrogen functional groups attached to an aromatic ring is 1. The van der Waals surface area contributed by atoms with E-state index in [0.717, 1.165) is 21.7 Å². The van der Waals surface area contributed by atoms with E-state index in [1.165, 1.54) is 0 Å². The highest BCUT2D eigenvalue weighted by atomic mass is 79.9. The fraction of sp³-hybridized carbons (Fsp3) is 0. The van der Waals surface area contributed by atoms with E-state index < -0.39 is 0 Å². The maximum atomic E-state index is 5.82. The molecule has 0 unspecified atom stereocenters. The van der Waals surface area contributed by atoms with Crippen molar-refractivity contribution in [2.24, 2.45) is 0 Å². The molecule has 94 valence electrons. The van der Waals surface area contributed by atoms with Crippen LogP contribution in [0.5, 0.6) is 0 Å². The van der Waals surface area contributed by atoms with Crippen LogP contribution in [0, 0.1) is 0 Å². The van der Waals surface area contributed by atoms with E-state index in [9.17, 15) is 0 Å². The summed E-state index contributed by atoms with van der Waals surface area (Å²) in [7, 11) is 0. The molecule has 19 heavy (non-hydrogen) atoms. The molecule has 0 fully saturated rings. The number of nitrogens with two attached hydrogens (primary N) is 1. The van der Waals surface area contributed by atoms with Gasteiger partial charge in [-0.25, -0.2) is 9.97 Å². The molecule has 2 N–H and O–H groups in total. The number of nitrogens with zero attached hydrogens (tertiary/aromatic N) is 3. The SMILES string of the molecule is Nc1cccc(-c2nccn2-c2ncccc2Br)c1. The van der Waals surface area contributed by atoms with Crippen molar-refractivity contribution < 1.29 is 0 Å². The molecule has 4 nitrogen and oxygen atoms in total. The van der Waals surface area contributed by atoms with Gasteiger partial charge < -0.3 is 5.73 Å². The molecule has 0 aliphatic rings. The molecule has 2 heterocycles. The third-order valence-electron chi connectivity index (χ3n) is 2.75. The van der Waals surface area contributed by atoms with E-state index in [2.05, 4.69) is 25.9 Å². The first-order valence-electron chi connectivity index (χ1n) is 5.76. The van der Waals surface area contributed by atoms with E-state index in [4.69, 9.17) is 5.73 Å². The van der Waals surface area contributed by atoms with Gasteiger partial charge in [-0.15, -0.1) is 0 Å². The highest BCUT2D eigenvalue weighted by Gasteiger charge is 2.10. The van der Waals surface area contributed by atoms with Crippen molar-refractivity contribution in [2.75, 3.05) is 5.73 Å². The van der Waals surface area contributed by atoms with Crippen molar-refractivity contribution in [3.05, 3.63) is 59.5 Å². The van der Waals surface area contributed by atoms with Gasteiger partial charge in [0.2, 0.25) is 0 Å². The van der Waals surface area contributed by atoms with Crippen molar-refractivity contribution in [1.29, 1.82) is 0 Å². The van der Waals surface area contributed by atoms with Crippen molar-refractivity contribution in [1.82, 2.24) is 14.5 Å². The second-order valence-corrected chi connectivity index (χ2v) is 4.91. The summed E-state index contributed by atoms with van der Waals surface area (Å²) in [5, 5.41) is 0. The monoisotopic (exact) mass is 314 g/mol. The molecule has 0 aliphatic carbocycles. The fourth-order valence-electron chi connectivity index (χ4n) is 1.92. The van der Waals surface area contributed by atoms with Crippen LogP contribution in [-0.2, 0) is 0 Å². The van der Waals surface area contributed by atoms with Crippen LogP contribution in [0.25, 0.3) is 17.2 Å². The lowest BCUT2D eigenvalue weighted by Gasteiger charge is -2.09. The van der Waals surface area contributed by atoms with Crippen LogP contribution in [0.3, 0.4) is 0 Å². The van der Waals surface area contributed by atoms with E-state index in [-0.39, 0.29) is 0 Å². The van der Waals surface area contributed by atoms with Gasteiger partial charge in [-0.2, -0.15) is 0 Å². The summed E-state index contributed by atoms with van der Waals surface area (Å²) in [4.78, 5) is 8.77. The van der Waals surface area contributed by atoms with Gasteiger partial charge in [0.15, 0.2) is 5.82 Å². The molecule has 0 bridgehead atoms. The molecule has 3 aromatic rings. The van der Waals surface area contributed by atoms with Crippen LogP contribution in [0.2, 0.25) is 0 Å². The minimum absolute atomic E-state index is 0.715. The molecule has 3 rings (SSSR count). The van der Waals surface area contributed by atoms with Gasteiger partial charge in [-0.1, -0.05) is 12.1 Å². The molecule has 1 aromatic carbocycles. The summed E-state index contributed by atoms with van der Waals surface area (Å²) in [5.41, 5.74) is 7.50. The molecule has 0 atom stereocenters. The molecule has 0 radical (unpaired) electrons. The first-order valence-corrected chi connectivity index (χ1v) is 6.55. The Bertz CT molecular complexity index is 721. The number of aromatic nitrogens is 3. The van der Waals surface area contributed by atoms with Crippen LogP contribution in [0.15, 0.2) is 59.5 Å². The van der Waals surface area contributed by atoms with E-state index in [1.807, 2.05) is 47.2 Å². The quantitative estimate of drug-likeness (QED) is 0.738. The topological polar surface area (TPSA) is 56.7 Å². The number of imidazole rings is 1. The molecular formula is C14H11BrN4. The van der Waals surface area contributed by atoms with Crippen molar-refractivity contribution in [3.8, 4) is 17.2 Å². The van der Waals surface area contributed by atoms with E-state index >= 15 is 0 Å². The van der Waals surface area contributed by atoms with E-state index in [0.29, 0.717) is 5.69 Å². The summed E-state index contributed by atoms with van der Waals surface area (Å²) in [6, 6.07) is 11.5. The van der Waals surface area contributed by atoms with Gasteiger partial charge in [0, 0.05) is 29.8 Å². The lowest BCUT2D eigenvalue weighted by Crippen LogP contribution is -2.00. The van der Waals surface area contributed by atoms with Gasteiger partial charge in [0.05, 0.1) is 4.47 Å². The number of halogens is 1. The highest BCUT2D eigenvalue weighted by molar-refractivity contribution is 9.10. The average Bonchev–Trinajstić information content (AvgIpc) is 2.88. The van der Waals surface area contributed by atoms with E-state index in [1.54, 1.807) is 12.4 Å². The number of hydrogen-bond acceptors (Lipinski definition) is 3. The van der Waals surface area contributed by atoms with Crippen LogP contribution in [0.4, 0.5) is 5.69 Å². The summed E-state index contributed by atoms with van der Waals surface area (Å²) >= 11 is 3.50. The molecule has 0 amide bonds. The Morgan fingerprint density at radius 2 is 1.95 bits per heavy atom. The van der Waals surface area contributed by atoms with Gasteiger partial charge in [0.25, 0.3) is 0 Å². The number of pyridine rings is 1. The van der Waals surface area contributed by atoms with Crippen LogP contribution < -0.4 is 5.73 Å². The molecular weight excluding hydrogens is 304 g/mol. The molecule has 0 saturated carbocycles. The second kappa shape index (κ2) is 4.85. The summed E-state index contributed by atoms with van der Waals surface area (Å²) in [6.45, 7) is 0. The molecule has 0 spiro atoms. The minimum atomic E-state index is 0.715. The maximum absolute atomic E-state index is 5.82. The molecule has 0 aliphatic heterocycles. The second-order valence-electron chi connectivity index (χ2n) is 4.06. The Labute approximate surface area is 119 Å². The first-order chi connectivity index (χ1) is 9.25. The third kappa shape index (κ3) is 2.24. The highest BCUT2D eigenvalue weighted by Crippen LogP contribution is 2.25. The Kier molecular flexibility index (Phi) is 3.05. The number of anilines is 1. The van der Waals surface area contributed by atoms with Crippen molar-refractivity contribution >= 4 is 21.6 Å².